The largest absolute Gasteiger partial charge is 0.472 e. The second-order valence-electron chi connectivity index (χ2n) is 7.57. The van der Waals surface area contributed by atoms with Crippen LogP contribution in [-0.2, 0) is 16.2 Å². The minimum Gasteiger partial charge on any atom is -0.472 e. The zero-order chi connectivity index (χ0) is 26.5. The summed E-state index contributed by atoms with van der Waals surface area (Å²) in [7, 11) is 1.48. The summed E-state index contributed by atoms with van der Waals surface area (Å²) in [6, 6.07) is 3.30. The van der Waals surface area contributed by atoms with Crippen LogP contribution in [-0.4, -0.2) is 38.6 Å². The van der Waals surface area contributed by atoms with Gasteiger partial charge in [0.2, 0.25) is 0 Å². The molecule has 3 amide bonds. The molecule has 0 radical (unpaired) electrons. The highest BCUT2D eigenvalue weighted by Gasteiger charge is 2.23. The number of ether oxygens (including phenoxy) is 1. The van der Waals surface area contributed by atoms with E-state index in [1.54, 1.807) is 13.0 Å². The number of rotatable bonds is 9. The number of alkyl halides is 2. The Balaban J connectivity index is 1.48. The van der Waals surface area contributed by atoms with Gasteiger partial charge in [0.05, 0.1) is 53.7 Å². The second-order valence-corrected chi connectivity index (χ2v) is 7.95. The van der Waals surface area contributed by atoms with Gasteiger partial charge >= 0.3 is 6.03 Å². The van der Waals surface area contributed by atoms with Crippen molar-refractivity contribution in [2.24, 2.45) is 0 Å². The van der Waals surface area contributed by atoms with Gasteiger partial charge in [-0.2, -0.15) is 5.10 Å². The predicted molar refractivity (Wildman–Crippen MR) is 126 cm³/mol. The first-order valence-electron chi connectivity index (χ1n) is 10.6. The van der Waals surface area contributed by atoms with Gasteiger partial charge in [-0.25, -0.2) is 33.5 Å². The Kier molecular flexibility index (Phi) is 7.91. The molecule has 0 aliphatic rings. The molecule has 0 saturated carbocycles. The van der Waals surface area contributed by atoms with Gasteiger partial charge in [-0.15, -0.1) is 0 Å². The lowest BCUT2D eigenvalue weighted by molar-refractivity contribution is 0.0222. The fourth-order valence-corrected chi connectivity index (χ4v) is 3.49. The van der Waals surface area contributed by atoms with Crippen LogP contribution in [0.2, 0.25) is 5.15 Å². The number of nitrogens with zero attached hydrogens (tertiary/aromatic N) is 4. The van der Waals surface area contributed by atoms with Crippen molar-refractivity contribution in [2.45, 2.75) is 26.1 Å². The van der Waals surface area contributed by atoms with Gasteiger partial charge in [0.25, 0.3) is 12.3 Å². The molecule has 4 aromatic heterocycles. The number of anilines is 2. The molecule has 194 valence electrons. The fourth-order valence-electron chi connectivity index (χ4n) is 3.32. The average molecular weight is 536 g/mol. The molecular formula is C22H20ClF2N7O5. The molecule has 15 heteroatoms. The third-order valence-corrected chi connectivity index (χ3v) is 5.27. The van der Waals surface area contributed by atoms with Gasteiger partial charge in [-0.3, -0.25) is 9.63 Å². The van der Waals surface area contributed by atoms with E-state index in [4.69, 9.17) is 25.6 Å². The van der Waals surface area contributed by atoms with Crippen molar-refractivity contribution in [3.05, 3.63) is 70.8 Å². The zero-order valence-corrected chi connectivity index (χ0v) is 20.1. The predicted octanol–water partition coefficient (Wildman–Crippen LogP) is 4.52. The van der Waals surface area contributed by atoms with Crippen LogP contribution >= 0.6 is 11.6 Å². The molecule has 4 heterocycles. The number of amides is 3. The maximum atomic E-state index is 13.7. The molecule has 0 aliphatic heterocycles. The molecule has 0 unspecified atom stereocenters. The number of methoxy groups -OCH3 is 1. The van der Waals surface area contributed by atoms with Gasteiger partial charge in [-0.1, -0.05) is 11.6 Å². The number of furan rings is 1. The average Bonchev–Trinajstić information content (AvgIpc) is 3.52. The highest BCUT2D eigenvalue weighted by atomic mass is 35.5. The number of fused-ring (bicyclic) bond motifs is 1. The van der Waals surface area contributed by atoms with E-state index in [0.717, 1.165) is 12.3 Å². The first-order chi connectivity index (χ1) is 17.8. The minimum atomic E-state index is -3.06. The summed E-state index contributed by atoms with van der Waals surface area (Å²) in [6.07, 6.45) is 1.69. The van der Waals surface area contributed by atoms with Crippen LogP contribution in [0.3, 0.4) is 0 Å². The molecule has 1 atom stereocenters. The van der Waals surface area contributed by atoms with Crippen LogP contribution in [0.4, 0.5) is 25.0 Å². The van der Waals surface area contributed by atoms with Crippen molar-refractivity contribution in [3.63, 3.8) is 0 Å². The highest BCUT2D eigenvalue weighted by Crippen LogP contribution is 2.27. The van der Waals surface area contributed by atoms with Gasteiger partial charge in [0, 0.05) is 18.7 Å². The third kappa shape index (κ3) is 5.99. The molecule has 12 nitrogen and oxygen atoms in total. The Labute approximate surface area is 212 Å². The number of aromatic nitrogens is 4. The van der Waals surface area contributed by atoms with Gasteiger partial charge < -0.3 is 19.8 Å². The molecule has 0 fully saturated rings. The van der Waals surface area contributed by atoms with E-state index in [0.29, 0.717) is 16.9 Å². The van der Waals surface area contributed by atoms with Crippen LogP contribution in [0.15, 0.2) is 47.5 Å². The number of hydrogen-bond donors (Lipinski definition) is 3. The van der Waals surface area contributed by atoms with E-state index in [1.807, 2.05) is 0 Å². The Bertz CT molecular complexity index is 1410. The second kappa shape index (κ2) is 11.3. The minimum absolute atomic E-state index is 0.0406. The Morgan fingerprint density at radius 2 is 2.03 bits per heavy atom. The summed E-state index contributed by atoms with van der Waals surface area (Å²) in [5, 5.41) is 9.34. The Morgan fingerprint density at radius 1 is 1.22 bits per heavy atom. The molecule has 0 spiro atoms. The standard InChI is InChI=1S/C22H20ClF2N7O5/c1-11(35-2)19-15(8-26-17-6-16(23)30-32(17)19)29-22(34)28-13-5-14(20(24)25)18(27-7-13)21(33)31-37-10-12-3-4-36-9-12/h3-9,11,20H,10H2,1-2H3,(H,31,33)(H2,28,29,34)/t11-/m0/s1. The molecule has 4 aromatic rings. The SMILES string of the molecule is CO[C@@H](C)c1c(NC(=O)Nc2cnc(C(=O)NOCc3ccoc3)c(C(F)F)c2)cnc2cc(Cl)nn12. The summed E-state index contributed by atoms with van der Waals surface area (Å²) in [5.74, 6) is -0.981. The van der Waals surface area contributed by atoms with Crippen LogP contribution in [0.5, 0.6) is 0 Å². The molecule has 37 heavy (non-hydrogen) atoms. The van der Waals surface area contributed by atoms with Crippen molar-refractivity contribution in [1.29, 1.82) is 0 Å². The van der Waals surface area contributed by atoms with Gasteiger partial charge in [0.1, 0.15) is 12.3 Å². The van der Waals surface area contributed by atoms with Crippen LogP contribution in [0.25, 0.3) is 5.65 Å². The lowest BCUT2D eigenvalue weighted by Crippen LogP contribution is -2.26. The van der Waals surface area contributed by atoms with Gasteiger partial charge in [-0.05, 0) is 19.1 Å². The van der Waals surface area contributed by atoms with E-state index >= 15 is 0 Å². The lowest BCUT2D eigenvalue weighted by atomic mass is 10.1. The number of carbonyl (C=O) groups is 2. The molecule has 0 bridgehead atoms. The number of pyridine rings is 1. The summed E-state index contributed by atoms with van der Waals surface area (Å²) >= 11 is 5.97. The van der Waals surface area contributed by atoms with Crippen molar-refractivity contribution >= 4 is 40.6 Å². The number of nitrogens with one attached hydrogen (secondary N) is 3. The fraction of sp³-hybridized carbons (Fsp3) is 0.227. The van der Waals surface area contributed by atoms with E-state index in [9.17, 15) is 18.4 Å². The smallest absolute Gasteiger partial charge is 0.323 e. The summed E-state index contributed by atoms with van der Waals surface area (Å²) < 4.78 is 39.0. The first-order valence-corrected chi connectivity index (χ1v) is 11.0. The van der Waals surface area contributed by atoms with Crippen LogP contribution < -0.4 is 16.1 Å². The van der Waals surface area contributed by atoms with E-state index in [1.165, 1.54) is 36.4 Å². The monoisotopic (exact) mass is 535 g/mol. The quantitative estimate of drug-likeness (QED) is 0.265. The molecule has 4 rings (SSSR count). The van der Waals surface area contributed by atoms with Crippen LogP contribution in [0.1, 0.15) is 46.8 Å². The van der Waals surface area contributed by atoms with E-state index in [2.05, 4.69) is 31.2 Å². The summed E-state index contributed by atoms with van der Waals surface area (Å²) in [5.41, 5.74) is 2.45. The number of carbonyl (C=O) groups excluding carboxylic acids is 2. The van der Waals surface area contributed by atoms with Crippen molar-refractivity contribution in [2.75, 3.05) is 17.7 Å². The maximum Gasteiger partial charge on any atom is 0.323 e. The lowest BCUT2D eigenvalue weighted by Gasteiger charge is -2.17. The van der Waals surface area contributed by atoms with Crippen molar-refractivity contribution in [1.82, 2.24) is 25.1 Å². The van der Waals surface area contributed by atoms with Crippen LogP contribution in [0, 0.1) is 0 Å². The van der Waals surface area contributed by atoms with Crippen molar-refractivity contribution in [3.8, 4) is 0 Å². The van der Waals surface area contributed by atoms with E-state index < -0.39 is 35.7 Å². The molecular weight excluding hydrogens is 516 g/mol. The van der Waals surface area contributed by atoms with E-state index in [-0.39, 0.29) is 23.1 Å². The third-order valence-electron chi connectivity index (χ3n) is 5.09. The Hall–Kier alpha value is -4.14. The normalized spacial score (nSPS) is 12.1. The van der Waals surface area contributed by atoms with Gasteiger partial charge in [0.15, 0.2) is 10.8 Å². The number of hydroxylamine groups is 1. The maximum absolute atomic E-state index is 13.7. The molecule has 0 saturated heterocycles. The molecule has 3 N–H and O–H groups in total. The number of urea groups is 1. The highest BCUT2D eigenvalue weighted by molar-refractivity contribution is 6.29. The molecule has 0 aromatic carbocycles. The topological polar surface area (TPSA) is 145 Å². The Morgan fingerprint density at radius 3 is 2.73 bits per heavy atom. The molecule has 0 aliphatic carbocycles. The number of hydrogen-bond acceptors (Lipinski definition) is 8. The zero-order valence-electron chi connectivity index (χ0n) is 19.4. The number of halogens is 3. The van der Waals surface area contributed by atoms with Crippen molar-refractivity contribution < 1.29 is 32.4 Å². The summed E-state index contributed by atoms with van der Waals surface area (Å²) in [4.78, 5) is 38.0. The summed E-state index contributed by atoms with van der Waals surface area (Å²) in [6.45, 7) is 1.69. The first kappa shape index (κ1) is 25.9.